The number of carboxylic acids is 1. The molecule has 0 radical (unpaired) electrons. The highest BCUT2D eigenvalue weighted by Crippen LogP contribution is 1.68. The van der Waals surface area contributed by atoms with Crippen molar-refractivity contribution in [1.29, 1.82) is 0 Å². The summed E-state index contributed by atoms with van der Waals surface area (Å²) >= 11 is 0. The highest BCUT2D eigenvalue weighted by molar-refractivity contribution is 5.72. The fourth-order valence-corrected chi connectivity index (χ4v) is 0. The van der Waals surface area contributed by atoms with Crippen LogP contribution in [0.2, 0.25) is 0 Å². The third-order valence-corrected chi connectivity index (χ3v) is 0.390. The maximum atomic E-state index is 9.57. The molecule has 4 nitrogen and oxygen atoms in total. The molecule has 0 aromatic carbocycles. The molecule has 0 spiro atoms. The molecule has 8 heavy (non-hydrogen) atoms. The van der Waals surface area contributed by atoms with Gasteiger partial charge in [0.25, 0.3) is 0 Å². The van der Waals surface area contributed by atoms with Gasteiger partial charge >= 0.3 is 5.97 Å². The normalized spacial score (nSPS) is 10.8. The summed E-state index contributed by atoms with van der Waals surface area (Å²) in [5, 5.41) is 7.87. The van der Waals surface area contributed by atoms with Crippen molar-refractivity contribution in [1.82, 2.24) is 0 Å². The Morgan fingerprint density at radius 3 is 1.88 bits per heavy atom. The zero-order chi connectivity index (χ0) is 7.15. The second-order valence-corrected chi connectivity index (χ2v) is 1.13. The van der Waals surface area contributed by atoms with Crippen LogP contribution in [0, 0.1) is 0 Å². The number of hydrogen-bond acceptors (Lipinski definition) is 3. The topological polar surface area (TPSA) is 80.4 Å². The van der Waals surface area contributed by atoms with Crippen molar-refractivity contribution < 1.29 is 14.7 Å². The Labute approximate surface area is 47.3 Å². The van der Waals surface area contributed by atoms with Crippen molar-refractivity contribution in [2.75, 3.05) is 0 Å². The number of rotatable bonds is 1. The predicted molar refractivity (Wildman–Crippen MR) is 28.4 cm³/mol. The summed E-state index contributed by atoms with van der Waals surface area (Å²) in [6.07, 6.45) is 0. The molecule has 3 N–H and O–H groups in total. The van der Waals surface area contributed by atoms with Crippen LogP contribution in [0.4, 0.5) is 0 Å². The first-order chi connectivity index (χ1) is 3.64. The Kier molecular flexibility index (Phi) is 7.74. The number of aliphatic carboxylic acids is 1. The van der Waals surface area contributed by atoms with E-state index >= 15 is 0 Å². The van der Waals surface area contributed by atoms with E-state index in [1.807, 2.05) is 6.79 Å². The van der Waals surface area contributed by atoms with Crippen LogP contribution in [-0.2, 0) is 9.59 Å². The molecule has 0 rings (SSSR count). The van der Waals surface area contributed by atoms with Crippen LogP contribution in [0.5, 0.6) is 0 Å². The summed E-state index contributed by atoms with van der Waals surface area (Å²) in [4.78, 5) is 17.6. The number of carbonyl (C=O) groups is 2. The minimum absolute atomic E-state index is 0.731. The molecule has 0 aliphatic rings. The van der Waals surface area contributed by atoms with E-state index in [1.54, 1.807) is 0 Å². The Morgan fingerprint density at radius 2 is 1.88 bits per heavy atom. The van der Waals surface area contributed by atoms with Crippen molar-refractivity contribution in [3.8, 4) is 0 Å². The van der Waals surface area contributed by atoms with Gasteiger partial charge in [0.1, 0.15) is 12.8 Å². The first-order valence-electron chi connectivity index (χ1n) is 1.92. The molecule has 0 fully saturated rings. The zero-order valence-electron chi connectivity index (χ0n) is 4.63. The van der Waals surface area contributed by atoms with Crippen LogP contribution in [0.25, 0.3) is 0 Å². The SMILES string of the molecule is C=O.C[C@H](N)C(=O)O. The van der Waals surface area contributed by atoms with E-state index in [1.165, 1.54) is 6.92 Å². The minimum atomic E-state index is -0.963. The molecule has 0 aromatic heterocycles. The summed E-state index contributed by atoms with van der Waals surface area (Å²) in [7, 11) is 0. The van der Waals surface area contributed by atoms with E-state index in [0.29, 0.717) is 0 Å². The van der Waals surface area contributed by atoms with Crippen molar-refractivity contribution in [3.05, 3.63) is 0 Å². The van der Waals surface area contributed by atoms with Crippen LogP contribution >= 0.6 is 0 Å². The highest BCUT2D eigenvalue weighted by atomic mass is 16.4. The molecule has 0 amide bonds. The van der Waals surface area contributed by atoms with Gasteiger partial charge in [-0.1, -0.05) is 0 Å². The average molecular weight is 119 g/mol. The first kappa shape index (κ1) is 10.2. The van der Waals surface area contributed by atoms with Gasteiger partial charge in [-0.3, -0.25) is 4.79 Å². The summed E-state index contributed by atoms with van der Waals surface area (Å²) in [6, 6.07) is -0.731. The van der Waals surface area contributed by atoms with Gasteiger partial charge in [0.2, 0.25) is 0 Å². The largest absolute Gasteiger partial charge is 0.480 e. The summed E-state index contributed by atoms with van der Waals surface area (Å²) < 4.78 is 0. The van der Waals surface area contributed by atoms with Crippen molar-refractivity contribution in [2.45, 2.75) is 13.0 Å². The molecule has 0 aromatic rings. The summed E-state index contributed by atoms with van der Waals surface area (Å²) in [5.41, 5.74) is 4.84. The number of carbonyl (C=O) groups excluding carboxylic acids is 1. The van der Waals surface area contributed by atoms with Crippen molar-refractivity contribution >= 4 is 12.8 Å². The smallest absolute Gasteiger partial charge is 0.320 e. The molecule has 0 saturated carbocycles. The number of hydrogen-bond donors (Lipinski definition) is 2. The predicted octanol–water partition coefficient (Wildman–Crippen LogP) is -0.767. The molecule has 1 atom stereocenters. The lowest BCUT2D eigenvalue weighted by Crippen LogP contribution is -2.25. The molecule has 0 bridgehead atoms. The maximum absolute atomic E-state index is 9.57. The van der Waals surface area contributed by atoms with Crippen LogP contribution < -0.4 is 5.73 Å². The van der Waals surface area contributed by atoms with E-state index < -0.39 is 12.0 Å². The molecular weight excluding hydrogens is 110 g/mol. The van der Waals surface area contributed by atoms with Gasteiger partial charge in [-0.15, -0.1) is 0 Å². The molecule has 0 saturated heterocycles. The standard InChI is InChI=1S/C3H7NO2.CH2O/c1-2(4)3(5)6;1-2/h2H,4H2,1H3,(H,5,6);1H2/t2-;/m0./s1. The monoisotopic (exact) mass is 119 g/mol. The van der Waals surface area contributed by atoms with E-state index in [-0.39, 0.29) is 0 Å². The van der Waals surface area contributed by atoms with E-state index in [2.05, 4.69) is 0 Å². The number of carboxylic acid groups (broad SMARTS) is 1. The summed E-state index contributed by atoms with van der Waals surface area (Å²) in [6.45, 7) is 3.42. The molecule has 0 heterocycles. The molecule has 48 valence electrons. The van der Waals surface area contributed by atoms with E-state index in [4.69, 9.17) is 15.6 Å². The van der Waals surface area contributed by atoms with Crippen molar-refractivity contribution in [2.24, 2.45) is 5.73 Å². The molecular formula is C4H9NO3. The molecule has 0 aliphatic heterocycles. The van der Waals surface area contributed by atoms with Gasteiger partial charge in [0, 0.05) is 0 Å². The average Bonchev–Trinajstić information content (AvgIpc) is 1.72. The van der Waals surface area contributed by atoms with Gasteiger partial charge in [-0.2, -0.15) is 0 Å². The van der Waals surface area contributed by atoms with Crippen LogP contribution in [0.3, 0.4) is 0 Å². The fourth-order valence-electron chi connectivity index (χ4n) is 0. The lowest BCUT2D eigenvalue weighted by atomic mass is 10.4. The van der Waals surface area contributed by atoms with E-state index in [0.717, 1.165) is 0 Å². The van der Waals surface area contributed by atoms with Crippen LogP contribution in [0.15, 0.2) is 0 Å². The quantitative estimate of drug-likeness (QED) is 0.475. The van der Waals surface area contributed by atoms with Gasteiger partial charge in [0.05, 0.1) is 0 Å². The number of nitrogens with two attached hydrogens (primary N) is 1. The van der Waals surface area contributed by atoms with Crippen molar-refractivity contribution in [3.63, 3.8) is 0 Å². The Balaban J connectivity index is 0. The molecule has 0 aliphatic carbocycles. The second kappa shape index (κ2) is 6.10. The van der Waals surface area contributed by atoms with Gasteiger partial charge in [0.15, 0.2) is 0 Å². The lowest BCUT2D eigenvalue weighted by molar-refractivity contribution is -0.138. The van der Waals surface area contributed by atoms with E-state index in [9.17, 15) is 4.79 Å². The zero-order valence-corrected chi connectivity index (χ0v) is 4.63. The molecule has 0 unspecified atom stereocenters. The second-order valence-electron chi connectivity index (χ2n) is 1.13. The third-order valence-electron chi connectivity index (χ3n) is 0.390. The molecule has 4 heteroatoms. The van der Waals surface area contributed by atoms with Gasteiger partial charge < -0.3 is 15.6 Å². The first-order valence-corrected chi connectivity index (χ1v) is 1.92. The Morgan fingerprint density at radius 1 is 1.75 bits per heavy atom. The lowest BCUT2D eigenvalue weighted by Gasteiger charge is -1.90. The third kappa shape index (κ3) is 8.92. The Bertz CT molecular complexity index is 71.7. The highest BCUT2D eigenvalue weighted by Gasteiger charge is 1.99. The fraction of sp³-hybridized carbons (Fsp3) is 0.500. The van der Waals surface area contributed by atoms with Crippen LogP contribution in [-0.4, -0.2) is 23.9 Å². The maximum Gasteiger partial charge on any atom is 0.320 e. The Hall–Kier alpha value is -0.900. The van der Waals surface area contributed by atoms with Crippen LogP contribution in [0.1, 0.15) is 6.92 Å². The summed E-state index contributed by atoms with van der Waals surface area (Å²) in [5.74, 6) is -0.963. The van der Waals surface area contributed by atoms with Gasteiger partial charge in [-0.05, 0) is 6.92 Å². The minimum Gasteiger partial charge on any atom is -0.480 e. The van der Waals surface area contributed by atoms with Gasteiger partial charge in [-0.25, -0.2) is 0 Å².